The van der Waals surface area contributed by atoms with Crippen molar-refractivity contribution in [3.8, 4) is 17.2 Å². The zero-order valence-corrected chi connectivity index (χ0v) is 22.5. The number of hydrogen-bond acceptors (Lipinski definition) is 6. The number of para-hydroxylation sites is 3. The van der Waals surface area contributed by atoms with Crippen LogP contribution in [0.25, 0.3) is 0 Å². The van der Waals surface area contributed by atoms with E-state index in [1.807, 2.05) is 67.7 Å². The number of anilines is 2. The van der Waals surface area contributed by atoms with Crippen LogP contribution in [0.5, 0.6) is 17.2 Å². The number of aliphatic hydroxyl groups excluding tert-OH is 1. The summed E-state index contributed by atoms with van der Waals surface area (Å²) in [5.74, 6) is 1.49. The van der Waals surface area contributed by atoms with Crippen molar-refractivity contribution in [1.29, 1.82) is 0 Å². The summed E-state index contributed by atoms with van der Waals surface area (Å²) in [5.41, 5.74) is 2.48. The van der Waals surface area contributed by atoms with E-state index in [0.29, 0.717) is 40.6 Å². The minimum atomic E-state index is -2.63. The molecule has 2 aliphatic heterocycles. The van der Waals surface area contributed by atoms with Crippen LogP contribution >= 0.6 is 0 Å². The molecule has 8 heteroatoms. The van der Waals surface area contributed by atoms with E-state index in [1.54, 1.807) is 24.1 Å². The lowest BCUT2D eigenvalue weighted by Crippen LogP contribution is -2.48. The van der Waals surface area contributed by atoms with Gasteiger partial charge in [0.25, 0.3) is 5.91 Å². The first-order valence-electron chi connectivity index (χ1n) is 12.6. The van der Waals surface area contributed by atoms with Crippen LogP contribution in [0.2, 0.25) is 18.6 Å². The predicted molar refractivity (Wildman–Crippen MR) is 144 cm³/mol. The standard InChI is InChI=1S/C29H33NO6Si/c1-18-27(34-2)21-17-19(13-14-24(21)36-28(18)26(15-16-31)37(3,4)33)30-22-10-6-8-12-25(22)35-23-11-7-5-9-20(23)29(30)32/h5-14,17-18,26-28,31,33H,15-16H2,1-4H3/t18-,26?,27-,28-/m1/s1. The lowest BCUT2D eigenvalue weighted by Gasteiger charge is -2.44. The van der Waals surface area contributed by atoms with Crippen LogP contribution in [0.1, 0.15) is 35.4 Å². The predicted octanol–water partition coefficient (Wildman–Crippen LogP) is 5.81. The Hall–Kier alpha value is -3.17. The van der Waals surface area contributed by atoms with E-state index >= 15 is 0 Å². The molecular formula is C29H33NO6Si. The highest BCUT2D eigenvalue weighted by Gasteiger charge is 2.46. The van der Waals surface area contributed by atoms with Gasteiger partial charge in [-0.25, -0.2) is 0 Å². The number of hydrogen-bond donors (Lipinski definition) is 2. The summed E-state index contributed by atoms with van der Waals surface area (Å²) in [6, 6.07) is 20.4. The first-order chi connectivity index (χ1) is 17.7. The lowest BCUT2D eigenvalue weighted by molar-refractivity contribution is -0.0255. The molecule has 0 aliphatic carbocycles. The van der Waals surface area contributed by atoms with E-state index in [2.05, 4.69) is 6.92 Å². The Morgan fingerprint density at radius 3 is 2.43 bits per heavy atom. The minimum absolute atomic E-state index is 0.0162. The fourth-order valence-electron chi connectivity index (χ4n) is 5.63. The first kappa shape index (κ1) is 25.5. The van der Waals surface area contributed by atoms with Crippen molar-refractivity contribution in [2.45, 2.75) is 44.2 Å². The number of carbonyl (C=O) groups is 1. The number of rotatable bonds is 6. The fourth-order valence-corrected chi connectivity index (χ4v) is 7.64. The van der Waals surface area contributed by atoms with E-state index in [0.717, 1.165) is 5.56 Å². The number of nitrogens with zero attached hydrogens (tertiary/aromatic N) is 1. The lowest BCUT2D eigenvalue weighted by atomic mass is 9.86. The molecule has 0 bridgehead atoms. The molecule has 0 saturated heterocycles. The highest BCUT2D eigenvalue weighted by Crippen LogP contribution is 2.49. The van der Waals surface area contributed by atoms with E-state index in [-0.39, 0.29) is 36.2 Å². The topological polar surface area (TPSA) is 88.5 Å². The molecule has 0 fully saturated rings. The summed E-state index contributed by atoms with van der Waals surface area (Å²) in [6.45, 7) is 5.80. The Bertz CT molecular complexity index is 1310. The molecule has 5 rings (SSSR count). The third-order valence-corrected chi connectivity index (χ3v) is 9.89. The number of benzene rings is 3. The molecule has 7 nitrogen and oxygen atoms in total. The van der Waals surface area contributed by atoms with Crippen LogP contribution in [0.15, 0.2) is 66.7 Å². The highest BCUT2D eigenvalue weighted by atomic mass is 28.4. The Labute approximate surface area is 218 Å². The van der Waals surface area contributed by atoms with E-state index in [9.17, 15) is 14.7 Å². The van der Waals surface area contributed by atoms with Crippen LogP contribution < -0.4 is 14.4 Å². The van der Waals surface area contributed by atoms with Crippen molar-refractivity contribution in [3.05, 3.63) is 77.9 Å². The summed E-state index contributed by atoms with van der Waals surface area (Å²) in [7, 11) is -0.968. The number of aliphatic hydroxyl groups is 1. The molecule has 3 aromatic carbocycles. The molecule has 1 amide bonds. The van der Waals surface area contributed by atoms with Gasteiger partial charge in [-0.1, -0.05) is 31.2 Å². The molecule has 1 unspecified atom stereocenters. The second kappa shape index (κ2) is 9.94. The molecular weight excluding hydrogens is 486 g/mol. The summed E-state index contributed by atoms with van der Waals surface area (Å²) < 4.78 is 18.6. The number of ether oxygens (including phenoxy) is 3. The largest absolute Gasteiger partial charge is 0.490 e. The average Bonchev–Trinajstić information content (AvgIpc) is 3.00. The Balaban J connectivity index is 1.60. The normalized spacial score (nSPS) is 21.6. The van der Waals surface area contributed by atoms with Crippen molar-refractivity contribution >= 4 is 25.6 Å². The molecule has 2 heterocycles. The maximum Gasteiger partial charge on any atom is 0.266 e. The summed E-state index contributed by atoms with van der Waals surface area (Å²) >= 11 is 0. The number of fused-ring (bicyclic) bond motifs is 3. The summed E-state index contributed by atoms with van der Waals surface area (Å²) in [6.07, 6.45) is -0.150. The van der Waals surface area contributed by atoms with Gasteiger partial charge in [0.2, 0.25) is 0 Å². The van der Waals surface area contributed by atoms with Crippen LogP contribution in [0.3, 0.4) is 0 Å². The zero-order valence-electron chi connectivity index (χ0n) is 21.5. The third-order valence-electron chi connectivity index (χ3n) is 7.46. The molecule has 0 saturated carbocycles. The van der Waals surface area contributed by atoms with Gasteiger partial charge in [-0.3, -0.25) is 9.69 Å². The Morgan fingerprint density at radius 1 is 1.03 bits per heavy atom. The maximum absolute atomic E-state index is 13.8. The molecule has 0 radical (unpaired) electrons. The van der Waals surface area contributed by atoms with Crippen LogP contribution in [0, 0.1) is 5.92 Å². The quantitative estimate of drug-likeness (QED) is 0.400. The molecule has 0 aromatic heterocycles. The summed E-state index contributed by atoms with van der Waals surface area (Å²) in [4.78, 5) is 26.5. The molecule has 2 aliphatic rings. The number of methoxy groups -OCH3 is 1. The zero-order chi connectivity index (χ0) is 26.3. The maximum atomic E-state index is 13.8. The van der Waals surface area contributed by atoms with Crippen LogP contribution in [-0.4, -0.2) is 43.9 Å². The van der Waals surface area contributed by atoms with Crippen molar-refractivity contribution in [1.82, 2.24) is 0 Å². The van der Waals surface area contributed by atoms with Crippen molar-refractivity contribution < 1.29 is 28.9 Å². The third kappa shape index (κ3) is 4.55. The van der Waals surface area contributed by atoms with Crippen LogP contribution in [0.4, 0.5) is 11.4 Å². The van der Waals surface area contributed by atoms with Gasteiger partial charge in [0.05, 0.1) is 23.0 Å². The van der Waals surface area contributed by atoms with Gasteiger partial charge in [-0.05, 0) is 62.0 Å². The van der Waals surface area contributed by atoms with Gasteiger partial charge in [0.1, 0.15) is 17.6 Å². The Morgan fingerprint density at radius 2 is 1.73 bits per heavy atom. The van der Waals surface area contributed by atoms with Crippen LogP contribution in [-0.2, 0) is 4.74 Å². The van der Waals surface area contributed by atoms with Crippen molar-refractivity contribution in [2.24, 2.45) is 5.92 Å². The summed E-state index contributed by atoms with van der Waals surface area (Å²) in [5, 5.41) is 9.69. The van der Waals surface area contributed by atoms with Gasteiger partial charge >= 0.3 is 0 Å². The second-order valence-electron chi connectivity index (χ2n) is 10.3. The van der Waals surface area contributed by atoms with Crippen molar-refractivity contribution in [2.75, 3.05) is 18.6 Å². The van der Waals surface area contributed by atoms with Gasteiger partial charge in [0.15, 0.2) is 14.1 Å². The van der Waals surface area contributed by atoms with Gasteiger partial charge < -0.3 is 24.1 Å². The van der Waals surface area contributed by atoms with Crippen molar-refractivity contribution in [3.63, 3.8) is 0 Å². The number of amides is 1. The van der Waals surface area contributed by atoms with Gasteiger partial charge in [-0.15, -0.1) is 0 Å². The number of carbonyl (C=O) groups excluding carboxylic acids is 1. The van der Waals surface area contributed by atoms with Gasteiger partial charge in [-0.2, -0.15) is 0 Å². The van der Waals surface area contributed by atoms with Gasteiger partial charge in [0, 0.05) is 30.7 Å². The minimum Gasteiger partial charge on any atom is -0.490 e. The van der Waals surface area contributed by atoms with E-state index < -0.39 is 8.32 Å². The van der Waals surface area contributed by atoms with E-state index in [1.165, 1.54) is 0 Å². The van der Waals surface area contributed by atoms with E-state index in [4.69, 9.17) is 14.2 Å². The molecule has 37 heavy (non-hydrogen) atoms. The monoisotopic (exact) mass is 519 g/mol. The molecule has 3 aromatic rings. The Kier molecular flexibility index (Phi) is 6.85. The molecule has 0 spiro atoms. The second-order valence-corrected chi connectivity index (χ2v) is 14.3. The first-order valence-corrected chi connectivity index (χ1v) is 15.6. The fraction of sp³-hybridized carbons (Fsp3) is 0.345. The smallest absolute Gasteiger partial charge is 0.266 e. The average molecular weight is 520 g/mol. The molecule has 194 valence electrons. The SMILES string of the molecule is CO[C@H]1c2cc(N3C(=O)c4ccccc4Oc4ccccc43)ccc2O[C@@H](C(CCO)[Si](C)(C)O)[C@@H]1C. The highest BCUT2D eigenvalue weighted by molar-refractivity contribution is 6.71. The molecule has 4 atom stereocenters. The molecule has 2 N–H and O–H groups in total.